The normalized spacial score (nSPS) is 11.9. The summed E-state index contributed by atoms with van der Waals surface area (Å²) in [5.74, 6) is 0.612. The predicted octanol–water partition coefficient (Wildman–Crippen LogP) is 6.58. The van der Waals surface area contributed by atoms with Gasteiger partial charge in [-0.15, -0.1) is 11.3 Å². The van der Waals surface area contributed by atoms with Crippen LogP contribution >= 0.6 is 11.3 Å². The second kappa shape index (κ2) is 8.63. The molecule has 5 heterocycles. The summed E-state index contributed by atoms with van der Waals surface area (Å²) in [6.45, 7) is 7.73. The minimum Gasteiger partial charge on any atom is -0.336 e. The smallest absolute Gasteiger partial charge is 0.229 e. The van der Waals surface area contributed by atoms with E-state index < -0.39 is 5.41 Å². The van der Waals surface area contributed by atoms with Gasteiger partial charge in [0.25, 0.3) is 0 Å². The zero-order valence-electron chi connectivity index (χ0n) is 20.9. The number of carbonyl (C=O) groups excluding carboxylic acids is 1. The monoisotopic (exact) mass is 507 g/mol. The van der Waals surface area contributed by atoms with Gasteiger partial charge in [-0.3, -0.25) is 19.9 Å². The molecule has 3 N–H and O–H groups in total. The number of aryl methyl sites for hydroxylation is 1. The van der Waals surface area contributed by atoms with E-state index >= 15 is 0 Å². The van der Waals surface area contributed by atoms with Crippen molar-refractivity contribution in [2.45, 2.75) is 27.7 Å². The van der Waals surface area contributed by atoms with Crippen LogP contribution in [-0.2, 0) is 4.79 Å². The highest BCUT2D eigenvalue weighted by Gasteiger charge is 2.21. The van der Waals surface area contributed by atoms with E-state index in [4.69, 9.17) is 4.98 Å². The number of benzene rings is 1. The highest BCUT2D eigenvalue weighted by molar-refractivity contribution is 7.15. The molecule has 0 unspecified atom stereocenters. The van der Waals surface area contributed by atoms with E-state index in [1.54, 1.807) is 29.9 Å². The topological polar surface area (TPSA) is 112 Å². The molecule has 6 rings (SSSR count). The highest BCUT2D eigenvalue weighted by Crippen LogP contribution is 2.34. The lowest BCUT2D eigenvalue weighted by molar-refractivity contribution is -0.123. The molecular weight excluding hydrogens is 482 g/mol. The Kier molecular flexibility index (Phi) is 5.38. The summed E-state index contributed by atoms with van der Waals surface area (Å²) in [4.78, 5) is 32.1. The van der Waals surface area contributed by atoms with E-state index in [1.807, 2.05) is 45.0 Å². The van der Waals surface area contributed by atoms with Gasteiger partial charge in [-0.05, 0) is 48.9 Å². The number of carbonyl (C=O) groups is 1. The first kappa shape index (κ1) is 23.1. The summed E-state index contributed by atoms with van der Waals surface area (Å²) in [5.41, 5.74) is 6.23. The largest absolute Gasteiger partial charge is 0.336 e. The molecule has 0 radical (unpaired) electrons. The van der Waals surface area contributed by atoms with Crippen LogP contribution in [0, 0.1) is 12.3 Å². The van der Waals surface area contributed by atoms with Gasteiger partial charge in [0.1, 0.15) is 16.9 Å². The van der Waals surface area contributed by atoms with E-state index in [9.17, 15) is 4.79 Å². The molecule has 6 aromatic rings. The second-order valence-corrected chi connectivity index (χ2v) is 11.3. The molecule has 8 nitrogen and oxygen atoms in total. The fraction of sp³-hybridized carbons (Fsp3) is 0.179. The molecule has 0 aliphatic rings. The van der Waals surface area contributed by atoms with Gasteiger partial charge in [0.2, 0.25) is 5.91 Å². The molecule has 37 heavy (non-hydrogen) atoms. The van der Waals surface area contributed by atoms with E-state index in [2.05, 4.69) is 55.6 Å². The third kappa shape index (κ3) is 4.27. The van der Waals surface area contributed by atoms with Crippen LogP contribution in [0.4, 0.5) is 5.69 Å². The number of nitrogens with zero attached hydrogens (tertiary/aromatic N) is 4. The fourth-order valence-electron chi connectivity index (χ4n) is 4.15. The lowest BCUT2D eigenvalue weighted by Crippen LogP contribution is -2.27. The Bertz CT molecular complexity index is 1790. The van der Waals surface area contributed by atoms with Crippen molar-refractivity contribution in [3.8, 4) is 33.2 Å². The van der Waals surface area contributed by atoms with Gasteiger partial charge in [-0.25, -0.2) is 4.98 Å². The van der Waals surface area contributed by atoms with Crippen molar-refractivity contribution < 1.29 is 4.79 Å². The van der Waals surface area contributed by atoms with Crippen LogP contribution in [0.1, 0.15) is 25.6 Å². The Morgan fingerprint density at radius 2 is 1.84 bits per heavy atom. The summed E-state index contributed by atoms with van der Waals surface area (Å²) < 4.78 is 0. The highest BCUT2D eigenvalue weighted by atomic mass is 32.1. The van der Waals surface area contributed by atoms with Crippen molar-refractivity contribution in [3.63, 3.8) is 0 Å². The summed E-state index contributed by atoms with van der Waals surface area (Å²) in [6, 6.07) is 14.1. The van der Waals surface area contributed by atoms with Gasteiger partial charge in [0, 0.05) is 33.6 Å². The number of anilines is 1. The lowest BCUT2D eigenvalue weighted by Gasteiger charge is -2.17. The van der Waals surface area contributed by atoms with Crippen molar-refractivity contribution in [3.05, 3.63) is 65.9 Å². The number of nitrogens with one attached hydrogen (secondary N) is 3. The molecule has 9 heteroatoms. The standard InChI is InChI=1S/C28H25N7OS/c1-15-5-8-22(37-15)25-24-21(9-10-30-25)32-26(33-24)23-19-12-16(6-7-20(19)34-35-23)17-11-18(14-29-13-17)31-27(36)28(2,3)4/h5-14H,1-4H3,(H,31,36)(H,32,33)(H,34,35). The Balaban J connectivity index is 1.40. The van der Waals surface area contributed by atoms with Gasteiger partial charge < -0.3 is 10.3 Å². The number of pyridine rings is 2. The first-order valence-electron chi connectivity index (χ1n) is 11.9. The minimum atomic E-state index is -0.495. The van der Waals surface area contributed by atoms with Crippen molar-refractivity contribution >= 4 is 44.9 Å². The number of thiophene rings is 1. The van der Waals surface area contributed by atoms with Gasteiger partial charge in [0.15, 0.2) is 5.82 Å². The number of aromatic nitrogens is 6. The van der Waals surface area contributed by atoms with Gasteiger partial charge in [-0.1, -0.05) is 26.8 Å². The van der Waals surface area contributed by atoms with Crippen LogP contribution in [-0.4, -0.2) is 36.0 Å². The van der Waals surface area contributed by atoms with Crippen LogP contribution in [0.5, 0.6) is 0 Å². The number of hydrogen-bond donors (Lipinski definition) is 3. The van der Waals surface area contributed by atoms with Crippen LogP contribution < -0.4 is 5.32 Å². The third-order valence-electron chi connectivity index (χ3n) is 6.17. The summed E-state index contributed by atoms with van der Waals surface area (Å²) in [7, 11) is 0. The maximum Gasteiger partial charge on any atom is 0.229 e. The Morgan fingerprint density at radius 3 is 2.62 bits per heavy atom. The predicted molar refractivity (Wildman–Crippen MR) is 148 cm³/mol. The Morgan fingerprint density at radius 1 is 0.973 bits per heavy atom. The van der Waals surface area contributed by atoms with E-state index in [0.29, 0.717) is 11.5 Å². The average molecular weight is 508 g/mol. The molecule has 5 aromatic heterocycles. The number of hydrogen-bond acceptors (Lipinski definition) is 6. The third-order valence-corrected chi connectivity index (χ3v) is 7.18. The van der Waals surface area contributed by atoms with Crippen LogP contribution in [0.15, 0.2) is 61.1 Å². The zero-order chi connectivity index (χ0) is 25.7. The van der Waals surface area contributed by atoms with E-state index in [-0.39, 0.29) is 5.91 Å². The summed E-state index contributed by atoms with van der Waals surface area (Å²) in [5, 5.41) is 11.6. The van der Waals surface area contributed by atoms with Gasteiger partial charge in [-0.2, -0.15) is 5.10 Å². The second-order valence-electron chi connectivity index (χ2n) is 10.1. The van der Waals surface area contributed by atoms with Crippen LogP contribution in [0.2, 0.25) is 0 Å². The first-order chi connectivity index (χ1) is 17.8. The number of amides is 1. The fourth-order valence-corrected chi connectivity index (χ4v) is 5.01. The lowest BCUT2D eigenvalue weighted by atomic mass is 9.95. The molecular formula is C28H25N7OS. The molecule has 0 saturated heterocycles. The Hall–Kier alpha value is -4.37. The number of H-pyrrole nitrogens is 2. The molecule has 0 aliphatic heterocycles. The number of imidazole rings is 1. The molecule has 0 bridgehead atoms. The quantitative estimate of drug-likeness (QED) is 0.249. The molecule has 184 valence electrons. The average Bonchev–Trinajstić information content (AvgIpc) is 3.60. The number of aromatic amines is 2. The SMILES string of the molecule is Cc1ccc(-c2nccc3[nH]c(-c4n[nH]c5ccc(-c6cncc(NC(=O)C(C)(C)C)c6)cc45)nc23)s1. The molecule has 0 aliphatic carbocycles. The van der Waals surface area contributed by atoms with Crippen molar-refractivity contribution in [1.29, 1.82) is 0 Å². The molecule has 0 saturated carbocycles. The van der Waals surface area contributed by atoms with Crippen molar-refractivity contribution in [2.75, 3.05) is 5.32 Å². The van der Waals surface area contributed by atoms with Gasteiger partial charge in [0.05, 0.1) is 27.8 Å². The van der Waals surface area contributed by atoms with Crippen LogP contribution in [0.25, 0.3) is 55.2 Å². The van der Waals surface area contributed by atoms with Crippen LogP contribution in [0.3, 0.4) is 0 Å². The van der Waals surface area contributed by atoms with Gasteiger partial charge >= 0.3 is 0 Å². The maximum atomic E-state index is 12.4. The zero-order valence-corrected chi connectivity index (χ0v) is 21.7. The molecule has 1 amide bonds. The maximum absolute atomic E-state index is 12.4. The first-order valence-corrected chi connectivity index (χ1v) is 12.7. The summed E-state index contributed by atoms with van der Waals surface area (Å²) >= 11 is 1.70. The molecule has 0 spiro atoms. The molecule has 0 fully saturated rings. The minimum absolute atomic E-state index is 0.0597. The van der Waals surface area contributed by atoms with E-state index in [0.717, 1.165) is 49.3 Å². The van der Waals surface area contributed by atoms with Crippen molar-refractivity contribution in [2.24, 2.45) is 5.41 Å². The molecule has 0 atom stereocenters. The molecule has 1 aromatic carbocycles. The number of rotatable bonds is 4. The Labute approximate surface area is 217 Å². The number of fused-ring (bicyclic) bond motifs is 2. The van der Waals surface area contributed by atoms with E-state index in [1.165, 1.54) is 4.88 Å². The van der Waals surface area contributed by atoms with Crippen molar-refractivity contribution in [1.82, 2.24) is 30.1 Å². The summed E-state index contributed by atoms with van der Waals surface area (Å²) in [6.07, 6.45) is 5.24.